The first-order valence-electron chi connectivity index (χ1n) is 6.74. The van der Waals surface area contributed by atoms with Gasteiger partial charge in [-0.05, 0) is 33.3 Å². The topological polar surface area (TPSA) is 70.7 Å². The number of hydrogen-bond donors (Lipinski definition) is 2. The highest BCUT2D eigenvalue weighted by Gasteiger charge is 2.11. The first-order chi connectivity index (χ1) is 9.54. The number of aromatic nitrogens is 3. The lowest BCUT2D eigenvalue weighted by molar-refractivity contribution is -0.121. The van der Waals surface area contributed by atoms with Crippen LogP contribution in [0.2, 0.25) is 0 Å². The number of carbonyl (C=O) groups is 1. The molecule has 2 heterocycles. The second-order valence-corrected chi connectivity index (χ2v) is 6.02. The smallest absolute Gasteiger partial charge is 0.220 e. The van der Waals surface area contributed by atoms with E-state index in [0.29, 0.717) is 6.42 Å². The molecule has 1 amide bonds. The van der Waals surface area contributed by atoms with Crippen LogP contribution in [-0.2, 0) is 17.6 Å². The van der Waals surface area contributed by atoms with Gasteiger partial charge in [0.05, 0.1) is 16.9 Å². The normalized spacial score (nSPS) is 12.3. The molecule has 1 atom stereocenters. The molecule has 0 aliphatic heterocycles. The molecule has 20 heavy (non-hydrogen) atoms. The lowest BCUT2D eigenvalue weighted by Gasteiger charge is -2.12. The Morgan fingerprint density at radius 1 is 1.50 bits per heavy atom. The van der Waals surface area contributed by atoms with Gasteiger partial charge >= 0.3 is 0 Å². The number of nitrogens with one attached hydrogen (secondary N) is 2. The summed E-state index contributed by atoms with van der Waals surface area (Å²) in [6.45, 7) is 5.95. The molecule has 2 aromatic rings. The Labute approximate surface area is 122 Å². The van der Waals surface area contributed by atoms with Gasteiger partial charge in [-0.2, -0.15) is 5.10 Å². The molecule has 6 heteroatoms. The van der Waals surface area contributed by atoms with E-state index >= 15 is 0 Å². The molecule has 0 saturated heterocycles. The number of hydrogen-bond acceptors (Lipinski definition) is 4. The van der Waals surface area contributed by atoms with Gasteiger partial charge in [0.2, 0.25) is 5.91 Å². The predicted molar refractivity (Wildman–Crippen MR) is 79.8 cm³/mol. The van der Waals surface area contributed by atoms with Gasteiger partial charge < -0.3 is 5.32 Å². The van der Waals surface area contributed by atoms with E-state index < -0.39 is 0 Å². The number of thiazole rings is 1. The first kappa shape index (κ1) is 14.7. The Bertz CT molecular complexity index is 575. The third kappa shape index (κ3) is 4.16. The van der Waals surface area contributed by atoms with Crippen LogP contribution >= 0.6 is 11.3 Å². The number of aryl methyl sites for hydroxylation is 3. The SMILES string of the molecule is Cc1cc(CC(C)NC(=O)CCc2scnc2C)n[nH]1. The Morgan fingerprint density at radius 3 is 2.90 bits per heavy atom. The molecule has 5 nitrogen and oxygen atoms in total. The summed E-state index contributed by atoms with van der Waals surface area (Å²) in [5.41, 5.74) is 4.88. The lowest BCUT2D eigenvalue weighted by Crippen LogP contribution is -2.34. The van der Waals surface area contributed by atoms with Gasteiger partial charge in [-0.3, -0.25) is 9.89 Å². The van der Waals surface area contributed by atoms with Gasteiger partial charge in [-0.1, -0.05) is 0 Å². The average molecular weight is 292 g/mol. The van der Waals surface area contributed by atoms with Crippen molar-refractivity contribution >= 4 is 17.2 Å². The van der Waals surface area contributed by atoms with Gasteiger partial charge in [0, 0.05) is 29.5 Å². The fourth-order valence-electron chi connectivity index (χ4n) is 2.08. The van der Waals surface area contributed by atoms with Crippen LogP contribution < -0.4 is 5.32 Å². The van der Waals surface area contributed by atoms with E-state index in [1.807, 2.05) is 32.3 Å². The van der Waals surface area contributed by atoms with Crippen molar-refractivity contribution in [2.75, 3.05) is 0 Å². The van der Waals surface area contributed by atoms with Crippen LogP contribution in [0.15, 0.2) is 11.6 Å². The van der Waals surface area contributed by atoms with Crippen LogP contribution in [0, 0.1) is 13.8 Å². The molecule has 0 spiro atoms. The Balaban J connectivity index is 1.75. The molecule has 2 aromatic heterocycles. The highest BCUT2D eigenvalue weighted by atomic mass is 32.1. The van der Waals surface area contributed by atoms with Crippen LogP contribution in [0.1, 0.15) is 35.3 Å². The van der Waals surface area contributed by atoms with Crippen LogP contribution in [0.4, 0.5) is 0 Å². The van der Waals surface area contributed by atoms with Crippen LogP contribution in [-0.4, -0.2) is 27.1 Å². The molecule has 2 N–H and O–H groups in total. The summed E-state index contributed by atoms with van der Waals surface area (Å²) in [4.78, 5) is 17.3. The predicted octanol–water partition coefficient (Wildman–Crippen LogP) is 2.16. The summed E-state index contributed by atoms with van der Waals surface area (Å²) >= 11 is 1.61. The maximum absolute atomic E-state index is 11.9. The van der Waals surface area contributed by atoms with Crippen LogP contribution in [0.5, 0.6) is 0 Å². The fraction of sp³-hybridized carbons (Fsp3) is 0.500. The summed E-state index contributed by atoms with van der Waals surface area (Å²) in [6, 6.07) is 2.09. The minimum atomic E-state index is 0.0811. The zero-order valence-electron chi connectivity index (χ0n) is 12.1. The van der Waals surface area contributed by atoms with Crippen LogP contribution in [0.25, 0.3) is 0 Å². The molecule has 0 bridgehead atoms. The van der Waals surface area contributed by atoms with Crippen molar-refractivity contribution in [1.82, 2.24) is 20.5 Å². The van der Waals surface area contributed by atoms with Crippen molar-refractivity contribution in [2.24, 2.45) is 0 Å². The van der Waals surface area contributed by atoms with Crippen molar-refractivity contribution in [3.05, 3.63) is 33.5 Å². The van der Waals surface area contributed by atoms with E-state index in [0.717, 1.165) is 29.9 Å². The number of rotatable bonds is 6. The minimum absolute atomic E-state index is 0.0811. The fourth-order valence-corrected chi connectivity index (χ4v) is 2.87. The number of aromatic amines is 1. The standard InChI is InChI=1S/C14H20N4OS/c1-9(6-12-7-10(2)17-18-12)16-14(19)5-4-13-11(3)15-8-20-13/h7-9H,4-6H2,1-3H3,(H,16,19)(H,17,18). The molecule has 1 unspecified atom stereocenters. The van der Waals surface area contributed by atoms with Crippen molar-refractivity contribution in [3.63, 3.8) is 0 Å². The van der Waals surface area contributed by atoms with Gasteiger partial charge in [0.25, 0.3) is 0 Å². The number of nitrogens with zero attached hydrogens (tertiary/aromatic N) is 2. The zero-order valence-corrected chi connectivity index (χ0v) is 12.9. The lowest BCUT2D eigenvalue weighted by atomic mass is 10.1. The minimum Gasteiger partial charge on any atom is -0.353 e. The Kier molecular flexibility index (Phi) is 4.89. The summed E-state index contributed by atoms with van der Waals surface area (Å²) in [7, 11) is 0. The first-order valence-corrected chi connectivity index (χ1v) is 7.61. The quantitative estimate of drug-likeness (QED) is 0.857. The maximum atomic E-state index is 11.9. The van der Waals surface area contributed by atoms with Gasteiger partial charge in [0.1, 0.15) is 0 Å². The second kappa shape index (κ2) is 6.65. The largest absolute Gasteiger partial charge is 0.353 e. The van der Waals surface area contributed by atoms with E-state index in [2.05, 4.69) is 20.5 Å². The van der Waals surface area contributed by atoms with E-state index in [4.69, 9.17) is 0 Å². The highest BCUT2D eigenvalue weighted by Crippen LogP contribution is 2.14. The van der Waals surface area contributed by atoms with E-state index in [1.54, 1.807) is 11.3 Å². The molecule has 0 aliphatic rings. The summed E-state index contributed by atoms with van der Waals surface area (Å²) in [6.07, 6.45) is 2.01. The third-order valence-electron chi connectivity index (χ3n) is 3.11. The zero-order chi connectivity index (χ0) is 14.5. The van der Waals surface area contributed by atoms with Gasteiger partial charge in [-0.25, -0.2) is 4.98 Å². The molecule has 108 valence electrons. The second-order valence-electron chi connectivity index (χ2n) is 5.08. The molecule has 2 rings (SSSR count). The number of carbonyl (C=O) groups excluding carboxylic acids is 1. The summed E-state index contributed by atoms with van der Waals surface area (Å²) in [5, 5.41) is 10.1. The third-order valence-corrected chi connectivity index (χ3v) is 4.10. The van der Waals surface area contributed by atoms with E-state index in [-0.39, 0.29) is 11.9 Å². The molecule has 0 fully saturated rings. The highest BCUT2D eigenvalue weighted by molar-refractivity contribution is 7.09. The summed E-state index contributed by atoms with van der Waals surface area (Å²) in [5.74, 6) is 0.0811. The molecule has 0 aliphatic carbocycles. The van der Waals surface area contributed by atoms with Gasteiger partial charge in [-0.15, -0.1) is 11.3 Å². The summed E-state index contributed by atoms with van der Waals surface area (Å²) < 4.78 is 0. The molecule has 0 aromatic carbocycles. The van der Waals surface area contributed by atoms with Crippen molar-refractivity contribution in [1.29, 1.82) is 0 Å². The Hall–Kier alpha value is -1.69. The van der Waals surface area contributed by atoms with Crippen molar-refractivity contribution < 1.29 is 4.79 Å². The average Bonchev–Trinajstić information content (AvgIpc) is 2.96. The molecule has 0 radical (unpaired) electrons. The van der Waals surface area contributed by atoms with E-state index in [9.17, 15) is 4.79 Å². The van der Waals surface area contributed by atoms with Crippen LogP contribution in [0.3, 0.4) is 0 Å². The van der Waals surface area contributed by atoms with Gasteiger partial charge in [0.15, 0.2) is 0 Å². The number of H-pyrrole nitrogens is 1. The molecular formula is C14H20N4OS. The Morgan fingerprint density at radius 2 is 2.30 bits per heavy atom. The maximum Gasteiger partial charge on any atom is 0.220 e. The van der Waals surface area contributed by atoms with Crippen molar-refractivity contribution in [2.45, 2.75) is 46.1 Å². The monoisotopic (exact) mass is 292 g/mol. The number of amides is 1. The molecule has 0 saturated carbocycles. The molecular weight excluding hydrogens is 272 g/mol. The van der Waals surface area contributed by atoms with E-state index in [1.165, 1.54) is 4.88 Å². The van der Waals surface area contributed by atoms with Crippen molar-refractivity contribution in [3.8, 4) is 0 Å².